The van der Waals surface area contributed by atoms with Gasteiger partial charge in [-0.25, -0.2) is 0 Å². The van der Waals surface area contributed by atoms with Gasteiger partial charge in [-0.15, -0.1) is 0 Å². The Hall–Kier alpha value is -0.540. The largest absolute Gasteiger partial charge is 0.480 e. The van der Waals surface area contributed by atoms with E-state index in [4.69, 9.17) is 16.7 Å². The van der Waals surface area contributed by atoms with Crippen LogP contribution in [0, 0.1) is 0 Å². The predicted octanol–water partition coefficient (Wildman–Crippen LogP) is 2.07. The van der Waals surface area contributed by atoms with Gasteiger partial charge in [0.15, 0.2) is 0 Å². The first-order chi connectivity index (χ1) is 6.59. The second-order valence-electron chi connectivity index (χ2n) is 3.75. The number of halogens is 1. The molecule has 0 saturated heterocycles. The lowest BCUT2D eigenvalue weighted by Crippen LogP contribution is -2.38. The van der Waals surface area contributed by atoms with Crippen molar-refractivity contribution in [1.29, 1.82) is 0 Å². The molecule has 1 rings (SSSR count). The van der Waals surface area contributed by atoms with Crippen LogP contribution in [-0.4, -0.2) is 35.1 Å². The number of aliphatic carboxylic acids is 1. The van der Waals surface area contributed by atoms with Crippen molar-refractivity contribution in [2.24, 2.45) is 0 Å². The van der Waals surface area contributed by atoms with Crippen LogP contribution < -0.4 is 0 Å². The van der Waals surface area contributed by atoms with Crippen molar-refractivity contribution in [2.45, 2.75) is 31.7 Å². The molecule has 0 aromatic heterocycles. The lowest BCUT2D eigenvalue weighted by atomic mass is 10.2. The smallest absolute Gasteiger partial charge is 0.317 e. The average Bonchev–Trinajstić information content (AvgIpc) is 2.52. The number of carbonyl (C=O) groups is 1. The molecule has 4 heteroatoms. The minimum absolute atomic E-state index is 0.0659. The van der Waals surface area contributed by atoms with Gasteiger partial charge < -0.3 is 5.11 Å². The Bertz CT molecular complexity index is 208. The predicted molar refractivity (Wildman–Crippen MR) is 56.5 cm³/mol. The summed E-state index contributed by atoms with van der Waals surface area (Å²) in [5.41, 5.74) is 0. The number of hydrogen-bond acceptors (Lipinski definition) is 2. The van der Waals surface area contributed by atoms with Crippen molar-refractivity contribution >= 4 is 17.6 Å². The molecule has 0 atom stereocenters. The van der Waals surface area contributed by atoms with Crippen LogP contribution in [0.1, 0.15) is 25.7 Å². The topological polar surface area (TPSA) is 40.5 Å². The maximum atomic E-state index is 10.6. The van der Waals surface area contributed by atoms with E-state index in [0.717, 1.165) is 12.8 Å². The molecule has 0 radical (unpaired) electrons. The van der Waals surface area contributed by atoms with Crippen LogP contribution in [0.5, 0.6) is 0 Å². The Morgan fingerprint density at radius 1 is 1.43 bits per heavy atom. The van der Waals surface area contributed by atoms with Crippen molar-refractivity contribution in [1.82, 2.24) is 4.90 Å². The van der Waals surface area contributed by atoms with Gasteiger partial charge in [0.1, 0.15) is 0 Å². The van der Waals surface area contributed by atoms with Crippen molar-refractivity contribution in [2.75, 3.05) is 13.1 Å². The maximum Gasteiger partial charge on any atom is 0.317 e. The standard InChI is InChI=1S/C10H16ClNO2/c1-8(11)6-12(7-10(13)14)9-4-2-3-5-9/h9H,1-7H2,(H,13,14). The van der Waals surface area contributed by atoms with Crippen molar-refractivity contribution in [3.63, 3.8) is 0 Å². The fraction of sp³-hybridized carbons (Fsp3) is 0.700. The van der Waals surface area contributed by atoms with E-state index >= 15 is 0 Å². The monoisotopic (exact) mass is 217 g/mol. The van der Waals surface area contributed by atoms with Gasteiger partial charge in [-0.3, -0.25) is 9.69 Å². The highest BCUT2D eigenvalue weighted by Gasteiger charge is 2.24. The molecule has 0 aromatic rings. The second-order valence-corrected chi connectivity index (χ2v) is 4.29. The van der Waals surface area contributed by atoms with E-state index in [1.807, 2.05) is 4.90 Å². The lowest BCUT2D eigenvalue weighted by Gasteiger charge is -2.26. The highest BCUT2D eigenvalue weighted by atomic mass is 35.5. The molecule has 1 aliphatic carbocycles. The molecule has 14 heavy (non-hydrogen) atoms. The third-order valence-corrected chi connectivity index (χ3v) is 2.67. The Balaban J connectivity index is 2.50. The summed E-state index contributed by atoms with van der Waals surface area (Å²) in [7, 11) is 0. The van der Waals surface area contributed by atoms with Gasteiger partial charge in [0.25, 0.3) is 0 Å². The summed E-state index contributed by atoms with van der Waals surface area (Å²) in [6.45, 7) is 4.15. The van der Waals surface area contributed by atoms with Crippen LogP contribution >= 0.6 is 11.6 Å². The SMILES string of the molecule is C=C(Cl)CN(CC(=O)O)C1CCCC1. The van der Waals surface area contributed by atoms with Crippen molar-refractivity contribution < 1.29 is 9.90 Å². The molecule has 0 amide bonds. The van der Waals surface area contributed by atoms with E-state index in [-0.39, 0.29) is 6.54 Å². The van der Waals surface area contributed by atoms with Gasteiger partial charge in [-0.05, 0) is 12.8 Å². The Kier molecular flexibility index (Phi) is 4.42. The van der Waals surface area contributed by atoms with Crippen LogP contribution in [0.25, 0.3) is 0 Å². The fourth-order valence-electron chi connectivity index (χ4n) is 1.98. The van der Waals surface area contributed by atoms with Crippen LogP contribution in [-0.2, 0) is 4.79 Å². The van der Waals surface area contributed by atoms with Gasteiger partial charge in [0.2, 0.25) is 0 Å². The van der Waals surface area contributed by atoms with Gasteiger partial charge in [0.05, 0.1) is 6.54 Å². The molecule has 0 bridgehead atoms. The molecular formula is C10H16ClNO2. The molecule has 0 unspecified atom stereocenters. The summed E-state index contributed by atoms with van der Waals surface area (Å²) >= 11 is 5.71. The number of nitrogens with zero attached hydrogens (tertiary/aromatic N) is 1. The second kappa shape index (κ2) is 5.37. The average molecular weight is 218 g/mol. The molecule has 1 N–H and O–H groups in total. The van der Waals surface area contributed by atoms with Crippen LogP contribution in [0.4, 0.5) is 0 Å². The number of carboxylic acids is 1. The molecule has 0 heterocycles. The third-order valence-electron chi connectivity index (χ3n) is 2.55. The molecule has 3 nitrogen and oxygen atoms in total. The normalized spacial score (nSPS) is 17.6. The first kappa shape index (κ1) is 11.5. The number of rotatable bonds is 5. The quantitative estimate of drug-likeness (QED) is 0.767. The molecule has 1 fully saturated rings. The minimum atomic E-state index is -0.796. The van der Waals surface area contributed by atoms with Gasteiger partial charge in [0, 0.05) is 17.6 Å². The molecular weight excluding hydrogens is 202 g/mol. The van der Waals surface area contributed by atoms with E-state index in [1.165, 1.54) is 12.8 Å². The van der Waals surface area contributed by atoms with Crippen LogP contribution in [0.15, 0.2) is 11.6 Å². The first-order valence-electron chi connectivity index (χ1n) is 4.88. The summed E-state index contributed by atoms with van der Waals surface area (Å²) in [4.78, 5) is 12.5. The molecule has 0 aromatic carbocycles. The van der Waals surface area contributed by atoms with E-state index in [1.54, 1.807) is 0 Å². The van der Waals surface area contributed by atoms with Gasteiger partial charge in [-0.1, -0.05) is 31.0 Å². The van der Waals surface area contributed by atoms with Gasteiger partial charge >= 0.3 is 5.97 Å². The van der Waals surface area contributed by atoms with E-state index in [9.17, 15) is 4.79 Å². The maximum absolute atomic E-state index is 10.6. The van der Waals surface area contributed by atoms with E-state index in [2.05, 4.69) is 6.58 Å². The zero-order chi connectivity index (χ0) is 10.6. The van der Waals surface area contributed by atoms with Crippen LogP contribution in [0.3, 0.4) is 0 Å². The molecule has 0 spiro atoms. The number of carboxylic acid groups (broad SMARTS) is 1. The first-order valence-corrected chi connectivity index (χ1v) is 5.26. The highest BCUT2D eigenvalue weighted by molar-refractivity contribution is 6.29. The molecule has 0 aliphatic heterocycles. The Morgan fingerprint density at radius 2 is 2.00 bits per heavy atom. The molecule has 1 saturated carbocycles. The molecule has 1 aliphatic rings. The summed E-state index contributed by atoms with van der Waals surface area (Å²) in [6.07, 6.45) is 4.54. The van der Waals surface area contributed by atoms with Crippen molar-refractivity contribution in [3.8, 4) is 0 Å². The Labute approximate surface area is 89.3 Å². The zero-order valence-electron chi connectivity index (χ0n) is 8.21. The summed E-state index contributed by atoms with van der Waals surface area (Å²) in [5.74, 6) is -0.796. The zero-order valence-corrected chi connectivity index (χ0v) is 8.96. The summed E-state index contributed by atoms with van der Waals surface area (Å²) in [6, 6.07) is 0.376. The van der Waals surface area contributed by atoms with Gasteiger partial charge in [-0.2, -0.15) is 0 Å². The van der Waals surface area contributed by atoms with E-state index in [0.29, 0.717) is 17.6 Å². The number of hydrogen-bond donors (Lipinski definition) is 1. The summed E-state index contributed by atoms with van der Waals surface area (Å²) < 4.78 is 0. The van der Waals surface area contributed by atoms with Crippen LogP contribution in [0.2, 0.25) is 0 Å². The highest BCUT2D eigenvalue weighted by Crippen LogP contribution is 2.24. The summed E-state index contributed by atoms with van der Waals surface area (Å²) in [5, 5.41) is 9.25. The lowest BCUT2D eigenvalue weighted by molar-refractivity contribution is -0.138. The Morgan fingerprint density at radius 3 is 2.43 bits per heavy atom. The third kappa shape index (κ3) is 3.68. The fourth-order valence-corrected chi connectivity index (χ4v) is 2.13. The minimum Gasteiger partial charge on any atom is -0.480 e. The van der Waals surface area contributed by atoms with E-state index < -0.39 is 5.97 Å². The van der Waals surface area contributed by atoms with Crippen molar-refractivity contribution in [3.05, 3.63) is 11.6 Å². The molecule has 80 valence electrons.